The molecule has 2 heterocycles. The fourth-order valence-corrected chi connectivity index (χ4v) is 2.97. The number of nitrogens with two attached hydrogens (primary N) is 1. The van der Waals surface area contributed by atoms with Crippen LogP contribution in [0.25, 0.3) is 16.8 Å². The molecule has 1 unspecified atom stereocenters. The van der Waals surface area contributed by atoms with E-state index in [1.807, 2.05) is 0 Å². The fourth-order valence-electron chi connectivity index (χ4n) is 2.97. The van der Waals surface area contributed by atoms with E-state index < -0.39 is 30.0 Å². The minimum Gasteiger partial charge on any atom is -0.496 e. The number of fused-ring (bicyclic) bond motifs is 1. The monoisotopic (exact) mass is 450 g/mol. The number of primary amides is 1. The molecule has 0 saturated heterocycles. The van der Waals surface area contributed by atoms with Gasteiger partial charge >= 0.3 is 6.61 Å². The maximum atomic E-state index is 12.9. The standard InChI is InChI=1S/C21H24F2N4O5/c1-10-16(31-11(2)21(3,4)29)9-27-19(26-10)13(8-25-27)12-6-14(30-5)17(18(24)28)15(7-12)32-20(22)23/h6-9,11,20,29H,1-5H3,(H2,24,28). The maximum absolute atomic E-state index is 12.9. The summed E-state index contributed by atoms with van der Waals surface area (Å²) in [7, 11) is 1.28. The topological polar surface area (TPSA) is 121 Å². The highest BCUT2D eigenvalue weighted by atomic mass is 19.3. The Kier molecular flexibility index (Phi) is 6.22. The van der Waals surface area contributed by atoms with E-state index in [1.165, 1.54) is 30.0 Å². The number of ether oxygens (including phenoxy) is 3. The molecule has 11 heteroatoms. The molecule has 0 aliphatic heterocycles. The van der Waals surface area contributed by atoms with Crippen LogP contribution < -0.4 is 19.9 Å². The number of amides is 1. The van der Waals surface area contributed by atoms with Crippen molar-refractivity contribution in [2.24, 2.45) is 5.73 Å². The number of rotatable bonds is 8. The van der Waals surface area contributed by atoms with Gasteiger partial charge in [-0.05, 0) is 45.4 Å². The Balaban J connectivity index is 2.12. The van der Waals surface area contributed by atoms with Gasteiger partial charge in [0, 0.05) is 5.56 Å². The van der Waals surface area contributed by atoms with Crippen molar-refractivity contribution in [3.8, 4) is 28.4 Å². The smallest absolute Gasteiger partial charge is 0.387 e. The Bertz CT molecular complexity index is 1160. The molecule has 0 spiro atoms. The second-order valence-electron chi connectivity index (χ2n) is 7.73. The molecule has 9 nitrogen and oxygen atoms in total. The number of carbonyl (C=O) groups is 1. The summed E-state index contributed by atoms with van der Waals surface area (Å²) in [5.41, 5.74) is 5.74. The Morgan fingerprint density at radius 3 is 2.44 bits per heavy atom. The highest BCUT2D eigenvalue weighted by molar-refractivity contribution is 6.00. The van der Waals surface area contributed by atoms with Crippen molar-refractivity contribution in [2.75, 3.05) is 7.11 Å². The van der Waals surface area contributed by atoms with E-state index in [1.54, 1.807) is 33.9 Å². The molecule has 0 radical (unpaired) electrons. The summed E-state index contributed by atoms with van der Waals surface area (Å²) in [5.74, 6) is -0.997. The van der Waals surface area contributed by atoms with Crippen molar-refractivity contribution in [3.63, 3.8) is 0 Å². The fraction of sp³-hybridized carbons (Fsp3) is 0.381. The molecule has 0 aliphatic rings. The van der Waals surface area contributed by atoms with Crippen molar-refractivity contribution in [1.29, 1.82) is 0 Å². The zero-order chi connectivity index (χ0) is 23.8. The zero-order valence-corrected chi connectivity index (χ0v) is 18.2. The molecule has 172 valence electrons. The molecule has 2 aromatic heterocycles. The SMILES string of the molecule is COc1cc(-c2cnn3cc(OC(C)C(C)(C)O)c(C)nc23)cc(OC(F)F)c1C(N)=O. The average molecular weight is 450 g/mol. The van der Waals surface area contributed by atoms with Crippen molar-refractivity contribution in [2.45, 2.75) is 46.0 Å². The van der Waals surface area contributed by atoms with Gasteiger partial charge in [0.25, 0.3) is 5.91 Å². The first-order chi connectivity index (χ1) is 14.9. The number of aryl methyl sites for hydroxylation is 1. The third-order valence-electron chi connectivity index (χ3n) is 5.00. The normalized spacial score (nSPS) is 12.8. The van der Waals surface area contributed by atoms with Crippen molar-refractivity contribution in [3.05, 3.63) is 35.8 Å². The summed E-state index contributed by atoms with van der Waals surface area (Å²) < 4.78 is 42.8. The van der Waals surface area contributed by atoms with Crippen LogP contribution in [0.4, 0.5) is 8.78 Å². The highest BCUT2D eigenvalue weighted by Crippen LogP contribution is 2.37. The third kappa shape index (κ3) is 4.57. The Hall–Kier alpha value is -3.47. The molecule has 1 aromatic carbocycles. The van der Waals surface area contributed by atoms with Gasteiger partial charge in [0.2, 0.25) is 0 Å². The molecule has 1 atom stereocenters. The van der Waals surface area contributed by atoms with Crippen LogP contribution in [0.2, 0.25) is 0 Å². The van der Waals surface area contributed by atoms with Crippen molar-refractivity contribution < 1.29 is 32.9 Å². The Morgan fingerprint density at radius 1 is 1.22 bits per heavy atom. The van der Waals surface area contributed by atoms with Crippen LogP contribution in [0.3, 0.4) is 0 Å². The van der Waals surface area contributed by atoms with E-state index in [0.29, 0.717) is 28.2 Å². The predicted octanol–water partition coefficient (Wildman–Crippen LogP) is 2.95. The first kappa shape index (κ1) is 23.2. The van der Waals surface area contributed by atoms with E-state index in [2.05, 4.69) is 14.8 Å². The highest BCUT2D eigenvalue weighted by Gasteiger charge is 2.26. The van der Waals surface area contributed by atoms with Gasteiger partial charge in [-0.15, -0.1) is 0 Å². The number of alkyl halides is 2. The lowest BCUT2D eigenvalue weighted by molar-refractivity contribution is -0.0502. The van der Waals surface area contributed by atoms with E-state index in [-0.39, 0.29) is 11.3 Å². The van der Waals surface area contributed by atoms with Crippen molar-refractivity contribution in [1.82, 2.24) is 14.6 Å². The lowest BCUT2D eigenvalue weighted by Gasteiger charge is -2.27. The van der Waals surface area contributed by atoms with Crippen LogP contribution >= 0.6 is 0 Å². The zero-order valence-electron chi connectivity index (χ0n) is 18.2. The molecular weight excluding hydrogens is 426 g/mol. The first-order valence-corrected chi connectivity index (χ1v) is 9.63. The van der Waals surface area contributed by atoms with Crippen LogP contribution in [0.5, 0.6) is 17.2 Å². The van der Waals surface area contributed by atoms with Crippen LogP contribution in [0.15, 0.2) is 24.5 Å². The lowest BCUT2D eigenvalue weighted by Crippen LogP contribution is -2.38. The van der Waals surface area contributed by atoms with E-state index in [4.69, 9.17) is 15.2 Å². The number of aromatic nitrogens is 3. The van der Waals surface area contributed by atoms with Gasteiger partial charge in [-0.3, -0.25) is 4.79 Å². The molecule has 0 bridgehead atoms. The first-order valence-electron chi connectivity index (χ1n) is 9.63. The quantitative estimate of drug-likeness (QED) is 0.541. The van der Waals surface area contributed by atoms with E-state index in [9.17, 15) is 18.7 Å². The summed E-state index contributed by atoms with van der Waals surface area (Å²) in [6, 6.07) is 2.72. The Labute approximate surface area is 182 Å². The minimum absolute atomic E-state index is 0.0272. The van der Waals surface area contributed by atoms with E-state index >= 15 is 0 Å². The van der Waals surface area contributed by atoms with E-state index in [0.717, 1.165) is 0 Å². The van der Waals surface area contributed by atoms with Gasteiger partial charge in [-0.1, -0.05) is 0 Å². The van der Waals surface area contributed by atoms with Crippen molar-refractivity contribution >= 4 is 11.6 Å². The van der Waals surface area contributed by atoms with Crippen LogP contribution in [0, 0.1) is 6.92 Å². The average Bonchev–Trinajstić information content (AvgIpc) is 3.08. The van der Waals surface area contributed by atoms with Gasteiger partial charge < -0.3 is 25.1 Å². The molecule has 1 amide bonds. The minimum atomic E-state index is -3.17. The van der Waals surface area contributed by atoms with Gasteiger partial charge in [0.15, 0.2) is 11.4 Å². The van der Waals surface area contributed by atoms with Crippen LogP contribution in [-0.2, 0) is 0 Å². The number of benzene rings is 1. The second kappa shape index (κ2) is 8.58. The lowest BCUT2D eigenvalue weighted by atomic mass is 10.0. The van der Waals surface area contributed by atoms with Gasteiger partial charge in [0.05, 0.1) is 30.8 Å². The molecule has 3 N–H and O–H groups in total. The number of hydrogen-bond acceptors (Lipinski definition) is 7. The van der Waals surface area contributed by atoms with Crippen LogP contribution in [0.1, 0.15) is 36.8 Å². The molecule has 32 heavy (non-hydrogen) atoms. The number of aliphatic hydroxyl groups is 1. The number of methoxy groups -OCH3 is 1. The third-order valence-corrected chi connectivity index (χ3v) is 5.00. The predicted molar refractivity (Wildman–Crippen MR) is 111 cm³/mol. The van der Waals surface area contributed by atoms with Gasteiger partial charge in [0.1, 0.15) is 23.2 Å². The molecule has 3 rings (SSSR count). The molecule has 0 saturated carbocycles. The summed E-state index contributed by atoms with van der Waals surface area (Å²) in [5, 5.41) is 14.4. The number of carbonyl (C=O) groups excluding carboxylic acids is 1. The largest absolute Gasteiger partial charge is 0.496 e. The maximum Gasteiger partial charge on any atom is 0.387 e. The summed E-state index contributed by atoms with van der Waals surface area (Å²) in [4.78, 5) is 16.3. The molecule has 0 fully saturated rings. The van der Waals surface area contributed by atoms with Crippen LogP contribution in [-0.4, -0.2) is 51.0 Å². The molecular formula is C21H24F2N4O5. The molecule has 3 aromatic rings. The Morgan fingerprint density at radius 2 is 1.88 bits per heavy atom. The number of hydrogen-bond donors (Lipinski definition) is 2. The number of nitrogens with zero attached hydrogens (tertiary/aromatic N) is 3. The summed E-state index contributed by atoms with van der Waals surface area (Å²) in [6.45, 7) is 3.55. The summed E-state index contributed by atoms with van der Waals surface area (Å²) >= 11 is 0. The van der Waals surface area contributed by atoms with Gasteiger partial charge in [-0.25, -0.2) is 9.50 Å². The number of halogens is 2. The second-order valence-corrected chi connectivity index (χ2v) is 7.73. The van der Waals surface area contributed by atoms with Gasteiger partial charge in [-0.2, -0.15) is 13.9 Å². The molecule has 0 aliphatic carbocycles. The summed E-state index contributed by atoms with van der Waals surface area (Å²) in [6.07, 6.45) is 2.57.